The van der Waals surface area contributed by atoms with Crippen LogP contribution in [0.3, 0.4) is 0 Å². The summed E-state index contributed by atoms with van der Waals surface area (Å²) in [5.74, 6) is 0.358. The molecule has 0 saturated carbocycles. The lowest BCUT2D eigenvalue weighted by atomic mass is 9.81. The van der Waals surface area contributed by atoms with E-state index in [1.54, 1.807) is 37.8 Å². The van der Waals surface area contributed by atoms with Gasteiger partial charge < -0.3 is 9.64 Å². The number of benzene rings is 2. The van der Waals surface area contributed by atoms with Crippen molar-refractivity contribution in [3.8, 4) is 17.0 Å². The first-order valence-corrected chi connectivity index (χ1v) is 13.6. The van der Waals surface area contributed by atoms with Gasteiger partial charge in [0.25, 0.3) is 5.91 Å². The van der Waals surface area contributed by atoms with Gasteiger partial charge in [-0.05, 0) is 57.2 Å². The molecule has 196 valence electrons. The van der Waals surface area contributed by atoms with Gasteiger partial charge in [0.15, 0.2) is 9.84 Å². The average molecular weight is 530 g/mol. The van der Waals surface area contributed by atoms with Crippen LogP contribution >= 0.6 is 0 Å². The lowest BCUT2D eigenvalue weighted by molar-refractivity contribution is -0.0725. The SMILES string of the molecule is CC(F)(F)n1cc2c(n1)-c1ccccc1OC21CCN(C(=O)c2ccc(S(=O)(=O)C(C)(C)C)cc2)CC1. The molecule has 1 amide bonds. The molecular formula is C27H29F2N3O4S. The Balaban J connectivity index is 1.39. The number of nitrogens with zero attached hydrogens (tertiary/aromatic N) is 3. The summed E-state index contributed by atoms with van der Waals surface area (Å²) in [6.07, 6.45) is 2.16. The third kappa shape index (κ3) is 4.21. The quantitative estimate of drug-likeness (QED) is 0.465. The van der Waals surface area contributed by atoms with Crippen molar-refractivity contribution in [3.63, 3.8) is 0 Å². The highest BCUT2D eigenvalue weighted by Crippen LogP contribution is 2.49. The Morgan fingerprint density at radius 3 is 2.22 bits per heavy atom. The average Bonchev–Trinajstić information content (AvgIpc) is 3.31. The van der Waals surface area contributed by atoms with Gasteiger partial charge in [-0.1, -0.05) is 12.1 Å². The molecule has 1 saturated heterocycles. The van der Waals surface area contributed by atoms with E-state index in [0.717, 1.165) is 6.92 Å². The number of ether oxygens (including phenoxy) is 1. The van der Waals surface area contributed by atoms with Crippen LogP contribution in [0.5, 0.6) is 5.75 Å². The van der Waals surface area contributed by atoms with Crippen molar-refractivity contribution in [3.05, 3.63) is 65.9 Å². The zero-order chi connectivity index (χ0) is 26.8. The Morgan fingerprint density at radius 1 is 1.00 bits per heavy atom. The van der Waals surface area contributed by atoms with Crippen LogP contribution in [0.1, 0.15) is 56.5 Å². The minimum atomic E-state index is -3.53. The summed E-state index contributed by atoms with van der Waals surface area (Å²) in [7, 11) is -3.53. The number of halogens is 2. The minimum absolute atomic E-state index is 0.167. The number of amides is 1. The highest BCUT2D eigenvalue weighted by Gasteiger charge is 2.47. The van der Waals surface area contributed by atoms with Gasteiger partial charge in [-0.2, -0.15) is 13.9 Å². The van der Waals surface area contributed by atoms with Gasteiger partial charge in [0, 0.05) is 55.7 Å². The monoisotopic (exact) mass is 529 g/mol. The lowest BCUT2D eigenvalue weighted by Crippen LogP contribution is -2.49. The van der Waals surface area contributed by atoms with Gasteiger partial charge in [-0.3, -0.25) is 4.79 Å². The highest BCUT2D eigenvalue weighted by atomic mass is 32.2. The molecule has 0 N–H and O–H groups in total. The van der Waals surface area contributed by atoms with E-state index in [2.05, 4.69) is 5.10 Å². The number of carbonyl (C=O) groups is 1. The number of aromatic nitrogens is 2. The van der Waals surface area contributed by atoms with Crippen LogP contribution in [-0.2, 0) is 21.5 Å². The summed E-state index contributed by atoms with van der Waals surface area (Å²) in [5.41, 5.74) is 1.23. The molecule has 7 nitrogen and oxygen atoms in total. The zero-order valence-corrected chi connectivity index (χ0v) is 22.0. The lowest BCUT2D eigenvalue weighted by Gasteiger charge is -2.44. The zero-order valence-electron chi connectivity index (χ0n) is 21.2. The fourth-order valence-electron chi connectivity index (χ4n) is 4.88. The molecule has 0 radical (unpaired) electrons. The maximum absolute atomic E-state index is 14.2. The van der Waals surface area contributed by atoms with Gasteiger partial charge in [0.05, 0.1) is 9.64 Å². The summed E-state index contributed by atoms with van der Waals surface area (Å²) in [6, 6.07) is 10.1. The van der Waals surface area contributed by atoms with Crippen LogP contribution in [0.15, 0.2) is 59.6 Å². The molecule has 0 bridgehead atoms. The Morgan fingerprint density at radius 2 is 1.62 bits per heavy atom. The topological polar surface area (TPSA) is 81.5 Å². The van der Waals surface area contributed by atoms with E-state index in [9.17, 15) is 22.0 Å². The number of carbonyl (C=O) groups excluding carboxylic acids is 1. The molecule has 0 aliphatic carbocycles. The first kappa shape index (κ1) is 25.4. The summed E-state index contributed by atoms with van der Waals surface area (Å²) < 4.78 is 59.9. The summed E-state index contributed by atoms with van der Waals surface area (Å²) >= 11 is 0. The number of rotatable bonds is 3. The van der Waals surface area contributed by atoms with Crippen LogP contribution in [0.2, 0.25) is 0 Å². The molecule has 0 unspecified atom stereocenters. The van der Waals surface area contributed by atoms with Gasteiger partial charge in [0.1, 0.15) is 17.0 Å². The van der Waals surface area contributed by atoms with Crippen LogP contribution < -0.4 is 4.74 Å². The van der Waals surface area contributed by atoms with E-state index < -0.39 is 26.2 Å². The summed E-state index contributed by atoms with van der Waals surface area (Å²) in [4.78, 5) is 15.1. The van der Waals surface area contributed by atoms with Crippen LogP contribution in [-0.4, -0.2) is 46.8 Å². The largest absolute Gasteiger partial charge is 0.482 e. The van der Waals surface area contributed by atoms with E-state index in [4.69, 9.17) is 4.74 Å². The van der Waals surface area contributed by atoms with Crippen molar-refractivity contribution in [2.45, 2.75) is 61.8 Å². The predicted molar refractivity (Wildman–Crippen MR) is 134 cm³/mol. The molecule has 2 aromatic carbocycles. The number of likely N-dealkylation sites (tertiary alicyclic amines) is 1. The molecule has 10 heteroatoms. The van der Waals surface area contributed by atoms with Crippen molar-refractivity contribution in [2.75, 3.05) is 13.1 Å². The Kier molecular flexibility index (Phi) is 5.74. The molecule has 37 heavy (non-hydrogen) atoms. The second-order valence-electron chi connectivity index (χ2n) is 10.7. The van der Waals surface area contributed by atoms with Crippen LogP contribution in [0.4, 0.5) is 8.78 Å². The molecule has 3 heterocycles. The Bertz CT molecular complexity index is 1460. The number of sulfone groups is 1. The maximum Gasteiger partial charge on any atom is 0.340 e. The number of alkyl halides is 2. The summed E-state index contributed by atoms with van der Waals surface area (Å²) in [6.45, 7) is 6.38. The van der Waals surface area contributed by atoms with Crippen molar-refractivity contribution < 1.29 is 26.7 Å². The highest BCUT2D eigenvalue weighted by molar-refractivity contribution is 7.92. The van der Waals surface area contributed by atoms with E-state index in [-0.39, 0.29) is 10.8 Å². The van der Waals surface area contributed by atoms with Gasteiger partial charge in [-0.25, -0.2) is 13.1 Å². The van der Waals surface area contributed by atoms with Gasteiger partial charge in [-0.15, -0.1) is 0 Å². The molecule has 3 aromatic rings. The molecule has 1 spiro atoms. The number of hydrogen-bond acceptors (Lipinski definition) is 5. The fourth-order valence-corrected chi connectivity index (χ4v) is 6.08. The molecule has 1 fully saturated rings. The minimum Gasteiger partial charge on any atom is -0.482 e. The van der Waals surface area contributed by atoms with Crippen LogP contribution in [0.25, 0.3) is 11.3 Å². The fraction of sp³-hybridized carbons (Fsp3) is 0.407. The molecular weight excluding hydrogens is 500 g/mol. The first-order chi connectivity index (χ1) is 17.2. The maximum atomic E-state index is 14.2. The number of para-hydroxylation sites is 1. The van der Waals surface area contributed by atoms with Crippen molar-refractivity contribution in [1.82, 2.24) is 14.7 Å². The Labute approximate surface area is 215 Å². The van der Waals surface area contributed by atoms with E-state index in [1.807, 2.05) is 12.1 Å². The molecule has 5 rings (SSSR count). The molecule has 2 aliphatic heterocycles. The van der Waals surface area contributed by atoms with Gasteiger partial charge >= 0.3 is 6.05 Å². The first-order valence-electron chi connectivity index (χ1n) is 12.1. The van der Waals surface area contributed by atoms with E-state index in [0.29, 0.717) is 58.7 Å². The third-order valence-electron chi connectivity index (χ3n) is 7.13. The molecule has 2 aliphatic rings. The van der Waals surface area contributed by atoms with Gasteiger partial charge in [0.2, 0.25) is 0 Å². The number of piperidine rings is 1. The normalized spacial score (nSPS) is 17.2. The second-order valence-corrected chi connectivity index (χ2v) is 13.4. The van der Waals surface area contributed by atoms with E-state index in [1.165, 1.54) is 30.5 Å². The Hall–Kier alpha value is -3.27. The van der Waals surface area contributed by atoms with E-state index >= 15 is 0 Å². The van der Waals surface area contributed by atoms with Crippen molar-refractivity contribution in [2.24, 2.45) is 0 Å². The number of hydrogen-bond donors (Lipinski definition) is 0. The van der Waals surface area contributed by atoms with Crippen molar-refractivity contribution >= 4 is 15.7 Å². The van der Waals surface area contributed by atoms with Crippen LogP contribution in [0, 0.1) is 0 Å². The van der Waals surface area contributed by atoms with Crippen molar-refractivity contribution in [1.29, 1.82) is 0 Å². The molecule has 1 aromatic heterocycles. The second kappa shape index (κ2) is 8.37. The number of fused-ring (bicyclic) bond motifs is 4. The third-order valence-corrected chi connectivity index (χ3v) is 9.64. The standard InChI is InChI=1S/C27H29F2N3O4S/c1-25(2,3)37(34,35)19-11-9-18(10-12-19)24(33)31-15-13-27(14-16-31)21-17-32(26(4,28)29)30-23(21)20-7-5-6-8-22(20)36-27/h5-12,17H,13-16H2,1-4H3. The summed E-state index contributed by atoms with van der Waals surface area (Å²) in [5, 5.41) is 4.22. The molecule has 0 atom stereocenters. The smallest absolute Gasteiger partial charge is 0.340 e. The predicted octanol–water partition coefficient (Wildman–Crippen LogP) is 5.22.